The van der Waals surface area contributed by atoms with Crippen molar-refractivity contribution in [2.45, 2.75) is 31.3 Å². The second kappa shape index (κ2) is 3.01. The van der Waals surface area contributed by atoms with Crippen molar-refractivity contribution in [3.63, 3.8) is 0 Å². The molecule has 0 aromatic rings. The molecule has 2 fully saturated rings. The molecule has 0 aromatic heterocycles. The van der Waals surface area contributed by atoms with Crippen molar-refractivity contribution in [1.82, 2.24) is 4.90 Å². The number of hydrogen-bond acceptors (Lipinski definition) is 2. The Balaban J connectivity index is 1.80. The molecule has 0 bridgehead atoms. The highest BCUT2D eigenvalue weighted by atomic mass is 31.0. The molecule has 1 atom stereocenters. The van der Waals surface area contributed by atoms with Gasteiger partial charge in [0.25, 0.3) is 0 Å². The molecule has 1 saturated heterocycles. The van der Waals surface area contributed by atoms with E-state index in [1.54, 1.807) is 0 Å². The van der Waals surface area contributed by atoms with Crippen LogP contribution >= 0.6 is 9.47 Å². The average Bonchev–Trinajstić information content (AvgIpc) is 2.59. The fourth-order valence-corrected chi connectivity index (χ4v) is 2.11. The fourth-order valence-electron chi connectivity index (χ4n) is 1.80. The molecule has 11 heavy (non-hydrogen) atoms. The molecule has 0 radical (unpaired) electrons. The Morgan fingerprint density at radius 3 is 2.36 bits per heavy atom. The van der Waals surface area contributed by atoms with Crippen LogP contribution in [0.15, 0.2) is 0 Å². The van der Waals surface area contributed by atoms with Crippen molar-refractivity contribution < 1.29 is 4.52 Å². The lowest BCUT2D eigenvalue weighted by Crippen LogP contribution is -2.31. The summed E-state index contributed by atoms with van der Waals surface area (Å²) in [5, 5.41) is 0. The largest absolute Gasteiger partial charge is 0.358 e. The van der Waals surface area contributed by atoms with Gasteiger partial charge in [0, 0.05) is 16.0 Å². The van der Waals surface area contributed by atoms with Gasteiger partial charge in [0.05, 0.1) is 5.60 Å². The van der Waals surface area contributed by atoms with E-state index in [1.165, 1.54) is 38.8 Å². The topological polar surface area (TPSA) is 12.5 Å². The van der Waals surface area contributed by atoms with Crippen molar-refractivity contribution >= 4 is 9.47 Å². The summed E-state index contributed by atoms with van der Waals surface area (Å²) < 4.78 is 5.39. The number of likely N-dealkylation sites (tertiary alicyclic amines) is 1. The molecule has 0 aromatic carbocycles. The molecule has 2 nitrogen and oxygen atoms in total. The van der Waals surface area contributed by atoms with Crippen LogP contribution in [-0.4, -0.2) is 30.1 Å². The van der Waals surface area contributed by atoms with Crippen LogP contribution in [0.4, 0.5) is 0 Å². The maximum absolute atomic E-state index is 5.39. The molecule has 0 amide bonds. The van der Waals surface area contributed by atoms with Gasteiger partial charge in [-0.3, -0.25) is 0 Å². The summed E-state index contributed by atoms with van der Waals surface area (Å²) in [4.78, 5) is 2.52. The molecular weight excluding hydrogens is 157 g/mol. The first-order valence-electron chi connectivity index (χ1n) is 4.45. The van der Waals surface area contributed by atoms with Crippen LogP contribution in [-0.2, 0) is 4.52 Å². The molecule has 1 heterocycles. The van der Waals surface area contributed by atoms with Crippen molar-refractivity contribution in [2.75, 3.05) is 19.6 Å². The van der Waals surface area contributed by atoms with Gasteiger partial charge in [0.1, 0.15) is 0 Å². The highest BCUT2D eigenvalue weighted by Gasteiger charge is 2.44. The maximum Gasteiger partial charge on any atom is 0.0846 e. The smallest absolute Gasteiger partial charge is 0.0846 e. The Morgan fingerprint density at radius 2 is 1.91 bits per heavy atom. The summed E-state index contributed by atoms with van der Waals surface area (Å²) in [6.07, 6.45) is 5.28. The zero-order valence-electron chi connectivity index (χ0n) is 6.88. The normalized spacial score (nSPS) is 29.2. The third kappa shape index (κ3) is 1.74. The van der Waals surface area contributed by atoms with Crippen molar-refractivity contribution in [2.24, 2.45) is 0 Å². The van der Waals surface area contributed by atoms with Crippen LogP contribution in [0.2, 0.25) is 0 Å². The zero-order chi connectivity index (χ0) is 7.73. The lowest BCUT2D eigenvalue weighted by molar-refractivity contribution is 0.149. The number of hydrogen-bond donors (Lipinski definition) is 0. The van der Waals surface area contributed by atoms with Gasteiger partial charge in [-0.25, -0.2) is 0 Å². The number of rotatable bonds is 3. The van der Waals surface area contributed by atoms with Gasteiger partial charge in [0.2, 0.25) is 0 Å². The van der Waals surface area contributed by atoms with Crippen LogP contribution in [0.5, 0.6) is 0 Å². The van der Waals surface area contributed by atoms with Crippen molar-refractivity contribution in [3.8, 4) is 0 Å². The maximum atomic E-state index is 5.39. The van der Waals surface area contributed by atoms with E-state index < -0.39 is 0 Å². The van der Waals surface area contributed by atoms with E-state index in [4.69, 9.17) is 4.52 Å². The van der Waals surface area contributed by atoms with E-state index in [2.05, 4.69) is 14.4 Å². The molecule has 2 aliphatic rings. The molecule has 3 heteroatoms. The van der Waals surface area contributed by atoms with Crippen molar-refractivity contribution in [1.29, 1.82) is 0 Å². The minimum absolute atomic E-state index is 0.245. The van der Waals surface area contributed by atoms with Crippen LogP contribution < -0.4 is 0 Å². The molecule has 1 saturated carbocycles. The first-order chi connectivity index (χ1) is 5.35. The van der Waals surface area contributed by atoms with Gasteiger partial charge in [0.15, 0.2) is 0 Å². The van der Waals surface area contributed by atoms with E-state index in [0.717, 1.165) is 6.54 Å². The lowest BCUT2D eigenvalue weighted by Gasteiger charge is -2.21. The second-order valence-electron chi connectivity index (χ2n) is 3.78. The molecule has 1 aliphatic carbocycles. The van der Waals surface area contributed by atoms with E-state index >= 15 is 0 Å². The standard InChI is InChI=1S/C8H16NOP/c11-10-8(3-4-8)7-9-5-1-2-6-9/h1-7,11H2. The Morgan fingerprint density at radius 1 is 1.27 bits per heavy atom. The van der Waals surface area contributed by atoms with E-state index in [-0.39, 0.29) is 5.60 Å². The summed E-state index contributed by atoms with van der Waals surface area (Å²) in [7, 11) is 2.41. The molecule has 64 valence electrons. The molecular formula is C8H16NOP. The molecule has 2 rings (SSSR count). The highest BCUT2D eigenvalue weighted by Crippen LogP contribution is 2.42. The van der Waals surface area contributed by atoms with Crippen LogP contribution in [0.1, 0.15) is 25.7 Å². The van der Waals surface area contributed by atoms with Gasteiger partial charge in [-0.15, -0.1) is 0 Å². The SMILES string of the molecule is POC1(CN2CCCC2)CC1. The summed E-state index contributed by atoms with van der Waals surface area (Å²) in [5.74, 6) is 0. The predicted molar refractivity (Wildman–Crippen MR) is 48.4 cm³/mol. The Bertz CT molecular complexity index is 141. The summed E-state index contributed by atoms with van der Waals surface area (Å²) >= 11 is 0. The molecule has 1 unspecified atom stereocenters. The Kier molecular flexibility index (Phi) is 2.18. The molecule has 0 spiro atoms. The van der Waals surface area contributed by atoms with E-state index in [1.807, 2.05) is 0 Å². The van der Waals surface area contributed by atoms with Crippen LogP contribution in [0, 0.1) is 0 Å². The average molecular weight is 173 g/mol. The highest BCUT2D eigenvalue weighted by molar-refractivity contribution is 7.09. The minimum atomic E-state index is 0.245. The predicted octanol–water partition coefficient (Wildman–Crippen LogP) is 1.42. The van der Waals surface area contributed by atoms with Crippen molar-refractivity contribution in [3.05, 3.63) is 0 Å². The van der Waals surface area contributed by atoms with E-state index in [9.17, 15) is 0 Å². The third-order valence-electron chi connectivity index (χ3n) is 2.77. The van der Waals surface area contributed by atoms with E-state index in [0.29, 0.717) is 0 Å². The minimum Gasteiger partial charge on any atom is -0.358 e. The van der Waals surface area contributed by atoms with Gasteiger partial charge >= 0.3 is 0 Å². The fraction of sp³-hybridized carbons (Fsp3) is 1.00. The summed E-state index contributed by atoms with van der Waals surface area (Å²) in [5.41, 5.74) is 0.245. The lowest BCUT2D eigenvalue weighted by atomic mass is 10.3. The van der Waals surface area contributed by atoms with Gasteiger partial charge < -0.3 is 9.42 Å². The Labute approximate surface area is 70.6 Å². The third-order valence-corrected chi connectivity index (χ3v) is 3.27. The Hall–Kier alpha value is 0.350. The van der Waals surface area contributed by atoms with Crippen LogP contribution in [0.25, 0.3) is 0 Å². The van der Waals surface area contributed by atoms with Crippen LogP contribution in [0.3, 0.4) is 0 Å². The van der Waals surface area contributed by atoms with Gasteiger partial charge in [-0.05, 0) is 38.8 Å². The van der Waals surface area contributed by atoms with Gasteiger partial charge in [-0.1, -0.05) is 0 Å². The molecule has 1 aliphatic heterocycles. The quantitative estimate of drug-likeness (QED) is 0.598. The first-order valence-corrected chi connectivity index (χ1v) is 4.92. The summed E-state index contributed by atoms with van der Waals surface area (Å²) in [6.45, 7) is 3.74. The first kappa shape index (κ1) is 7.97. The monoisotopic (exact) mass is 173 g/mol. The van der Waals surface area contributed by atoms with Gasteiger partial charge in [-0.2, -0.15) is 0 Å². The summed E-state index contributed by atoms with van der Waals surface area (Å²) in [6, 6.07) is 0. The number of nitrogens with zero attached hydrogens (tertiary/aromatic N) is 1. The molecule has 0 N–H and O–H groups in total. The zero-order valence-corrected chi connectivity index (χ0v) is 8.04. The second-order valence-corrected chi connectivity index (χ2v) is 4.02.